The number of hydrogen-bond donors (Lipinski definition) is 0. The minimum Gasteiger partial charge on any atom is -0.338 e. The summed E-state index contributed by atoms with van der Waals surface area (Å²) in [4.78, 5) is 17.9. The third-order valence-electron chi connectivity index (χ3n) is 5.36. The van der Waals surface area contributed by atoms with Crippen molar-refractivity contribution < 1.29 is 4.79 Å². The van der Waals surface area contributed by atoms with E-state index in [1.165, 1.54) is 30.6 Å². The largest absolute Gasteiger partial charge is 0.338 e. The second kappa shape index (κ2) is 7.08. The molecule has 1 aromatic carbocycles. The molecule has 2 aromatic rings. The van der Waals surface area contributed by atoms with Crippen molar-refractivity contribution >= 4 is 17.2 Å². The molecule has 24 heavy (non-hydrogen) atoms. The molecule has 126 valence electrons. The first-order valence-electron chi connectivity index (χ1n) is 8.91. The van der Waals surface area contributed by atoms with Crippen molar-refractivity contribution in [1.29, 1.82) is 0 Å². The number of piperidine rings is 1. The van der Waals surface area contributed by atoms with Crippen molar-refractivity contribution in [3.05, 3.63) is 57.8 Å². The zero-order chi connectivity index (χ0) is 16.4. The monoisotopic (exact) mass is 340 g/mol. The Labute approximate surface area is 147 Å². The van der Waals surface area contributed by atoms with Crippen LogP contribution in [0.1, 0.15) is 33.6 Å². The Morgan fingerprint density at radius 1 is 1.04 bits per heavy atom. The first-order valence-corrected chi connectivity index (χ1v) is 9.79. The number of nitrogens with zero attached hydrogens (tertiary/aromatic N) is 2. The molecule has 0 atom stereocenters. The van der Waals surface area contributed by atoms with Gasteiger partial charge in [-0.25, -0.2) is 0 Å². The lowest BCUT2D eigenvalue weighted by Gasteiger charge is -2.36. The van der Waals surface area contributed by atoms with Gasteiger partial charge in [0.15, 0.2) is 0 Å². The van der Waals surface area contributed by atoms with Crippen LogP contribution >= 0.6 is 11.3 Å². The van der Waals surface area contributed by atoms with Crippen molar-refractivity contribution in [1.82, 2.24) is 9.80 Å². The molecule has 1 fully saturated rings. The molecule has 4 rings (SSSR count). The fourth-order valence-electron chi connectivity index (χ4n) is 3.95. The van der Waals surface area contributed by atoms with Crippen molar-refractivity contribution in [2.24, 2.45) is 5.92 Å². The fourth-order valence-corrected chi connectivity index (χ4v) is 4.64. The molecule has 0 unspecified atom stereocenters. The molecule has 4 heteroatoms. The molecule has 0 bridgehead atoms. The van der Waals surface area contributed by atoms with E-state index in [1.807, 2.05) is 22.4 Å². The van der Waals surface area contributed by atoms with Gasteiger partial charge in [0.05, 0.1) is 4.88 Å². The van der Waals surface area contributed by atoms with Crippen LogP contribution in [0.25, 0.3) is 0 Å². The Balaban J connectivity index is 1.29. The average molecular weight is 340 g/mol. The highest BCUT2D eigenvalue weighted by Gasteiger charge is 2.26. The summed E-state index contributed by atoms with van der Waals surface area (Å²) < 4.78 is 0. The Morgan fingerprint density at radius 3 is 2.58 bits per heavy atom. The summed E-state index contributed by atoms with van der Waals surface area (Å²) in [7, 11) is 0. The number of benzene rings is 1. The van der Waals surface area contributed by atoms with E-state index in [-0.39, 0.29) is 5.91 Å². The molecule has 0 spiro atoms. The maximum absolute atomic E-state index is 12.4. The lowest BCUT2D eigenvalue weighted by atomic mass is 9.94. The third-order valence-corrected chi connectivity index (χ3v) is 6.22. The fraction of sp³-hybridized carbons (Fsp3) is 0.450. The van der Waals surface area contributed by atoms with E-state index in [2.05, 4.69) is 29.2 Å². The number of rotatable bonds is 3. The van der Waals surface area contributed by atoms with E-state index in [1.54, 1.807) is 11.3 Å². The molecule has 0 aliphatic carbocycles. The first-order chi connectivity index (χ1) is 11.8. The van der Waals surface area contributed by atoms with E-state index in [0.29, 0.717) is 0 Å². The number of carbonyl (C=O) groups excluding carboxylic acids is 1. The predicted octanol–water partition coefficient (Wildman–Crippen LogP) is 3.66. The molecule has 0 radical (unpaired) electrons. The third kappa shape index (κ3) is 3.40. The van der Waals surface area contributed by atoms with E-state index in [9.17, 15) is 4.79 Å². The van der Waals surface area contributed by atoms with Gasteiger partial charge in [-0.05, 0) is 47.8 Å². The molecule has 2 aliphatic heterocycles. The molecule has 2 aliphatic rings. The molecular formula is C20H24N2OS. The molecular weight excluding hydrogens is 316 g/mol. The average Bonchev–Trinajstić information content (AvgIpc) is 3.16. The van der Waals surface area contributed by atoms with Crippen LogP contribution in [0.2, 0.25) is 0 Å². The number of carbonyl (C=O) groups is 1. The van der Waals surface area contributed by atoms with Crippen LogP contribution in [0.4, 0.5) is 0 Å². The summed E-state index contributed by atoms with van der Waals surface area (Å²) in [6.45, 7) is 5.25. The van der Waals surface area contributed by atoms with Crippen LogP contribution in [-0.2, 0) is 13.0 Å². The number of fused-ring (bicyclic) bond motifs is 1. The SMILES string of the molecule is O=C(c1cccs1)N1CCC(CN2CCc3ccccc3C2)CC1. The topological polar surface area (TPSA) is 23.6 Å². The van der Waals surface area contributed by atoms with Gasteiger partial charge in [0.1, 0.15) is 0 Å². The normalized spacial score (nSPS) is 19.2. The van der Waals surface area contributed by atoms with Gasteiger partial charge in [0.25, 0.3) is 5.91 Å². The van der Waals surface area contributed by atoms with Crippen molar-refractivity contribution in [2.75, 3.05) is 26.2 Å². The van der Waals surface area contributed by atoms with E-state index >= 15 is 0 Å². The molecule has 3 nitrogen and oxygen atoms in total. The summed E-state index contributed by atoms with van der Waals surface area (Å²) in [5.41, 5.74) is 3.01. The number of likely N-dealkylation sites (tertiary alicyclic amines) is 1. The number of amides is 1. The van der Waals surface area contributed by atoms with Crippen molar-refractivity contribution in [3.8, 4) is 0 Å². The minimum atomic E-state index is 0.218. The Hall–Kier alpha value is -1.65. The molecule has 3 heterocycles. The maximum Gasteiger partial charge on any atom is 0.263 e. The van der Waals surface area contributed by atoms with E-state index < -0.39 is 0 Å². The van der Waals surface area contributed by atoms with E-state index in [4.69, 9.17) is 0 Å². The van der Waals surface area contributed by atoms with Gasteiger partial charge in [-0.3, -0.25) is 9.69 Å². The lowest BCUT2D eigenvalue weighted by molar-refractivity contribution is 0.0667. The summed E-state index contributed by atoms with van der Waals surface area (Å²) >= 11 is 1.55. The highest BCUT2D eigenvalue weighted by molar-refractivity contribution is 7.12. The van der Waals surface area contributed by atoms with Crippen molar-refractivity contribution in [3.63, 3.8) is 0 Å². The van der Waals surface area contributed by atoms with Gasteiger partial charge < -0.3 is 4.90 Å². The Kier molecular flexibility index (Phi) is 4.67. The Morgan fingerprint density at radius 2 is 1.83 bits per heavy atom. The summed E-state index contributed by atoms with van der Waals surface area (Å²) in [6.07, 6.45) is 3.44. The second-order valence-electron chi connectivity index (χ2n) is 6.97. The van der Waals surface area contributed by atoms with Gasteiger partial charge in [-0.1, -0.05) is 30.3 Å². The highest BCUT2D eigenvalue weighted by atomic mass is 32.1. The van der Waals surface area contributed by atoms with Crippen molar-refractivity contribution in [2.45, 2.75) is 25.8 Å². The number of hydrogen-bond acceptors (Lipinski definition) is 3. The zero-order valence-electron chi connectivity index (χ0n) is 14.0. The maximum atomic E-state index is 12.4. The summed E-state index contributed by atoms with van der Waals surface area (Å²) in [5, 5.41) is 1.98. The van der Waals surface area contributed by atoms with E-state index in [0.717, 1.165) is 43.3 Å². The quantitative estimate of drug-likeness (QED) is 0.851. The van der Waals surface area contributed by atoms with Crippen LogP contribution in [0, 0.1) is 5.92 Å². The highest BCUT2D eigenvalue weighted by Crippen LogP contribution is 2.24. The Bertz CT molecular complexity index is 689. The second-order valence-corrected chi connectivity index (χ2v) is 7.91. The van der Waals surface area contributed by atoms with Crippen LogP contribution in [-0.4, -0.2) is 41.9 Å². The first kappa shape index (κ1) is 15.9. The van der Waals surface area contributed by atoms with Gasteiger partial charge in [0, 0.05) is 32.7 Å². The standard InChI is InChI=1S/C20H24N2OS/c23-20(19-6-3-13-24-19)22-11-7-16(8-12-22)14-21-10-9-17-4-1-2-5-18(17)15-21/h1-6,13,16H,7-12,14-15H2. The molecule has 1 amide bonds. The summed E-state index contributed by atoms with van der Waals surface area (Å²) in [5.74, 6) is 0.943. The molecule has 0 N–H and O–H groups in total. The van der Waals surface area contributed by atoms with Crippen LogP contribution in [0.5, 0.6) is 0 Å². The predicted molar refractivity (Wildman–Crippen MR) is 98.4 cm³/mol. The minimum absolute atomic E-state index is 0.218. The van der Waals surface area contributed by atoms with Gasteiger partial charge in [-0.15, -0.1) is 11.3 Å². The molecule has 0 saturated carbocycles. The van der Waals surface area contributed by atoms with Gasteiger partial charge >= 0.3 is 0 Å². The zero-order valence-corrected chi connectivity index (χ0v) is 14.8. The summed E-state index contributed by atoms with van der Waals surface area (Å²) in [6, 6.07) is 12.7. The number of thiophene rings is 1. The van der Waals surface area contributed by atoms with Crippen LogP contribution < -0.4 is 0 Å². The lowest BCUT2D eigenvalue weighted by Crippen LogP contribution is -2.42. The van der Waals surface area contributed by atoms with Gasteiger partial charge in [-0.2, -0.15) is 0 Å². The van der Waals surface area contributed by atoms with Crippen LogP contribution in [0.3, 0.4) is 0 Å². The smallest absolute Gasteiger partial charge is 0.263 e. The molecule has 1 aromatic heterocycles. The van der Waals surface area contributed by atoms with Gasteiger partial charge in [0.2, 0.25) is 0 Å². The van der Waals surface area contributed by atoms with Crippen LogP contribution in [0.15, 0.2) is 41.8 Å². The molecule has 1 saturated heterocycles.